The molecule has 0 bridgehead atoms. The molecule has 4 nitrogen and oxygen atoms in total. The Bertz CT molecular complexity index is 838. The predicted molar refractivity (Wildman–Crippen MR) is 96.4 cm³/mol. The molecule has 2 aromatic carbocycles. The lowest BCUT2D eigenvalue weighted by molar-refractivity contribution is 0.243. The molecule has 1 atom stereocenters. The predicted octanol–water partition coefficient (Wildman–Crippen LogP) is 3.72. The summed E-state index contributed by atoms with van der Waals surface area (Å²) in [5, 5.41) is 14.8. The third kappa shape index (κ3) is 3.67. The fraction of sp³-hybridized carbons (Fsp3) is 0.211. The van der Waals surface area contributed by atoms with Crippen LogP contribution >= 0.6 is 11.6 Å². The molecule has 0 saturated carbocycles. The molecule has 5 heteroatoms. The van der Waals surface area contributed by atoms with E-state index in [-0.39, 0.29) is 12.6 Å². The zero-order valence-electron chi connectivity index (χ0n) is 13.4. The van der Waals surface area contributed by atoms with Crippen LogP contribution < -0.4 is 10.1 Å². The van der Waals surface area contributed by atoms with Gasteiger partial charge < -0.3 is 15.2 Å². The Morgan fingerprint density at radius 3 is 2.88 bits per heavy atom. The molecule has 2 N–H and O–H groups in total. The Morgan fingerprint density at radius 2 is 2.08 bits per heavy atom. The zero-order chi connectivity index (χ0) is 16.9. The first-order chi connectivity index (χ1) is 11.7. The Labute approximate surface area is 146 Å². The average molecular weight is 343 g/mol. The van der Waals surface area contributed by atoms with E-state index in [1.54, 1.807) is 13.3 Å². The number of halogens is 1. The van der Waals surface area contributed by atoms with Gasteiger partial charge in [-0.3, -0.25) is 4.98 Å². The van der Waals surface area contributed by atoms with Gasteiger partial charge in [0.1, 0.15) is 5.75 Å². The molecule has 0 spiro atoms. The van der Waals surface area contributed by atoms with Crippen molar-refractivity contribution in [2.75, 3.05) is 13.7 Å². The van der Waals surface area contributed by atoms with Crippen LogP contribution in [-0.2, 0) is 6.54 Å². The van der Waals surface area contributed by atoms with Crippen molar-refractivity contribution in [3.05, 3.63) is 70.9 Å². The van der Waals surface area contributed by atoms with Gasteiger partial charge in [-0.1, -0.05) is 29.8 Å². The molecule has 1 aromatic heterocycles. The lowest BCUT2D eigenvalue weighted by Crippen LogP contribution is -2.24. The van der Waals surface area contributed by atoms with E-state index in [2.05, 4.69) is 10.3 Å². The summed E-state index contributed by atoms with van der Waals surface area (Å²) in [5.41, 5.74) is 2.88. The van der Waals surface area contributed by atoms with Crippen LogP contribution in [0.15, 0.2) is 54.7 Å². The Balaban J connectivity index is 1.83. The van der Waals surface area contributed by atoms with E-state index in [0.717, 1.165) is 27.8 Å². The minimum Gasteiger partial charge on any atom is -0.497 e. The Morgan fingerprint density at radius 1 is 1.21 bits per heavy atom. The molecular weight excluding hydrogens is 324 g/mol. The Hall–Kier alpha value is -2.14. The van der Waals surface area contributed by atoms with Crippen LogP contribution in [0.25, 0.3) is 10.9 Å². The van der Waals surface area contributed by atoms with E-state index in [1.165, 1.54) is 0 Å². The number of aliphatic hydroxyl groups excluding tert-OH is 1. The first-order valence-corrected chi connectivity index (χ1v) is 8.10. The molecule has 3 aromatic rings. The van der Waals surface area contributed by atoms with Gasteiger partial charge in [-0.05, 0) is 41.5 Å². The highest BCUT2D eigenvalue weighted by atomic mass is 35.5. The molecule has 1 unspecified atom stereocenters. The van der Waals surface area contributed by atoms with Crippen LogP contribution in [0.2, 0.25) is 5.02 Å². The van der Waals surface area contributed by atoms with Crippen LogP contribution in [0, 0.1) is 0 Å². The summed E-state index contributed by atoms with van der Waals surface area (Å²) in [6, 6.07) is 15.2. The first kappa shape index (κ1) is 16.7. The van der Waals surface area contributed by atoms with Gasteiger partial charge in [0.05, 0.1) is 25.3 Å². The third-order valence-electron chi connectivity index (χ3n) is 3.97. The highest BCUT2D eigenvalue weighted by Crippen LogP contribution is 2.24. The second kappa shape index (κ2) is 7.62. The summed E-state index contributed by atoms with van der Waals surface area (Å²) in [7, 11) is 1.63. The van der Waals surface area contributed by atoms with Gasteiger partial charge in [-0.2, -0.15) is 0 Å². The highest BCUT2D eigenvalue weighted by Gasteiger charge is 2.12. The minimum atomic E-state index is -0.196. The molecule has 0 radical (unpaired) electrons. The smallest absolute Gasteiger partial charge is 0.119 e. The standard InChI is InChI=1S/C19H19ClN2O2/c1-24-17-6-2-4-13(10-17)18(12-23)22-11-15-9-16(20)8-14-5-3-7-21-19(14)15/h2-10,18,22-23H,11-12H2,1H3. The van der Waals surface area contributed by atoms with Gasteiger partial charge >= 0.3 is 0 Å². The van der Waals surface area contributed by atoms with E-state index >= 15 is 0 Å². The van der Waals surface area contributed by atoms with Crippen LogP contribution in [0.1, 0.15) is 17.2 Å². The van der Waals surface area contributed by atoms with Crippen molar-refractivity contribution in [2.45, 2.75) is 12.6 Å². The number of pyridine rings is 1. The number of nitrogens with zero attached hydrogens (tertiary/aromatic N) is 1. The van der Waals surface area contributed by atoms with Gasteiger partial charge in [-0.25, -0.2) is 0 Å². The molecule has 0 aliphatic heterocycles. The fourth-order valence-corrected chi connectivity index (χ4v) is 2.99. The number of hydrogen-bond acceptors (Lipinski definition) is 4. The van der Waals surface area contributed by atoms with Crippen LogP contribution in [-0.4, -0.2) is 23.8 Å². The van der Waals surface area contributed by atoms with Crippen molar-refractivity contribution < 1.29 is 9.84 Å². The molecule has 24 heavy (non-hydrogen) atoms. The van der Waals surface area contributed by atoms with E-state index in [4.69, 9.17) is 16.3 Å². The number of aliphatic hydroxyl groups is 1. The topological polar surface area (TPSA) is 54.4 Å². The second-order valence-corrected chi connectivity index (χ2v) is 5.97. The SMILES string of the molecule is COc1cccc(C(CO)NCc2cc(Cl)cc3cccnc23)c1. The van der Waals surface area contributed by atoms with Crippen LogP contribution in [0.5, 0.6) is 5.75 Å². The number of benzene rings is 2. The number of rotatable bonds is 6. The normalized spacial score (nSPS) is 12.3. The van der Waals surface area contributed by atoms with E-state index in [0.29, 0.717) is 11.6 Å². The molecule has 1 heterocycles. The fourth-order valence-electron chi connectivity index (χ4n) is 2.74. The van der Waals surface area contributed by atoms with Gasteiger partial charge in [0.2, 0.25) is 0 Å². The quantitative estimate of drug-likeness (QED) is 0.717. The third-order valence-corrected chi connectivity index (χ3v) is 4.18. The average Bonchev–Trinajstić information content (AvgIpc) is 2.62. The maximum Gasteiger partial charge on any atom is 0.119 e. The van der Waals surface area contributed by atoms with E-state index < -0.39 is 0 Å². The summed E-state index contributed by atoms with van der Waals surface area (Å²) in [6.07, 6.45) is 1.77. The number of methoxy groups -OCH3 is 1. The summed E-state index contributed by atoms with van der Waals surface area (Å²) >= 11 is 6.21. The second-order valence-electron chi connectivity index (χ2n) is 5.53. The van der Waals surface area contributed by atoms with Gasteiger partial charge in [0, 0.05) is 23.2 Å². The number of ether oxygens (including phenoxy) is 1. The summed E-state index contributed by atoms with van der Waals surface area (Å²) in [4.78, 5) is 4.45. The van der Waals surface area contributed by atoms with Gasteiger partial charge in [-0.15, -0.1) is 0 Å². The van der Waals surface area contributed by atoms with Crippen molar-refractivity contribution >= 4 is 22.5 Å². The molecule has 0 aliphatic rings. The van der Waals surface area contributed by atoms with E-state index in [1.807, 2.05) is 48.5 Å². The largest absolute Gasteiger partial charge is 0.497 e. The molecule has 124 valence electrons. The molecule has 0 saturated heterocycles. The molecular formula is C19H19ClN2O2. The van der Waals surface area contributed by atoms with Crippen LogP contribution in [0.4, 0.5) is 0 Å². The van der Waals surface area contributed by atoms with Crippen molar-refractivity contribution in [1.82, 2.24) is 10.3 Å². The number of fused-ring (bicyclic) bond motifs is 1. The molecule has 0 fully saturated rings. The maximum absolute atomic E-state index is 9.74. The van der Waals surface area contributed by atoms with Gasteiger partial charge in [0.25, 0.3) is 0 Å². The number of aromatic nitrogens is 1. The lowest BCUT2D eigenvalue weighted by atomic mass is 10.1. The van der Waals surface area contributed by atoms with Crippen LogP contribution in [0.3, 0.4) is 0 Å². The van der Waals surface area contributed by atoms with Gasteiger partial charge in [0.15, 0.2) is 0 Å². The number of hydrogen-bond donors (Lipinski definition) is 2. The number of nitrogens with one attached hydrogen (secondary N) is 1. The van der Waals surface area contributed by atoms with E-state index in [9.17, 15) is 5.11 Å². The molecule has 0 aliphatic carbocycles. The zero-order valence-corrected chi connectivity index (χ0v) is 14.1. The summed E-state index contributed by atoms with van der Waals surface area (Å²) < 4.78 is 5.25. The first-order valence-electron chi connectivity index (χ1n) is 7.72. The summed E-state index contributed by atoms with van der Waals surface area (Å²) in [5.74, 6) is 0.766. The highest BCUT2D eigenvalue weighted by molar-refractivity contribution is 6.31. The Kier molecular flexibility index (Phi) is 5.30. The minimum absolute atomic E-state index is 0.0148. The molecule has 0 amide bonds. The van der Waals surface area contributed by atoms with Crippen molar-refractivity contribution in [3.8, 4) is 5.75 Å². The van der Waals surface area contributed by atoms with Crippen molar-refractivity contribution in [1.29, 1.82) is 0 Å². The maximum atomic E-state index is 9.74. The van der Waals surface area contributed by atoms with Crippen molar-refractivity contribution in [3.63, 3.8) is 0 Å². The lowest BCUT2D eigenvalue weighted by Gasteiger charge is -2.18. The van der Waals surface area contributed by atoms with Crippen molar-refractivity contribution in [2.24, 2.45) is 0 Å². The molecule has 3 rings (SSSR count). The summed E-state index contributed by atoms with van der Waals surface area (Å²) in [6.45, 7) is 0.537. The monoisotopic (exact) mass is 342 g/mol.